The first-order chi connectivity index (χ1) is 37.6. The van der Waals surface area contributed by atoms with Crippen LogP contribution in [-0.4, -0.2) is 35.3 Å². The molecule has 5 unspecified atom stereocenters. The average Bonchev–Trinajstić information content (AvgIpc) is 3.52. The Morgan fingerprint density at radius 3 is 2.17 bits per heavy atom. The summed E-state index contributed by atoms with van der Waals surface area (Å²) in [5, 5.41) is 3.93. The molecule has 7 aliphatic rings. The van der Waals surface area contributed by atoms with Crippen LogP contribution in [0.4, 0.5) is 0 Å². The molecule has 3 aliphatic heterocycles. The first-order valence-corrected chi connectivity index (χ1v) is 28.7. The maximum Gasteiger partial charge on any atom is 0.256 e. The Kier molecular flexibility index (Phi) is 10.5. The Hall–Kier alpha value is -7.27. The van der Waals surface area contributed by atoms with E-state index in [9.17, 15) is 0 Å². The molecule has 6 aromatic carbocycles. The molecule has 0 bridgehead atoms. The first-order valence-electron chi connectivity index (χ1n) is 28.7. The van der Waals surface area contributed by atoms with Crippen LogP contribution < -0.4 is 15.7 Å². The van der Waals surface area contributed by atoms with Gasteiger partial charge in [0.25, 0.3) is 6.71 Å². The van der Waals surface area contributed by atoms with Gasteiger partial charge in [-0.05, 0) is 163 Å². The number of hydrogen-bond acceptors (Lipinski definition) is 2. The number of nitrogens with zero attached hydrogens (tertiary/aromatic N) is 2. The van der Waals surface area contributed by atoms with Crippen molar-refractivity contribution in [1.82, 2.24) is 9.13 Å². The average molecular weight is 1010 g/mol. The van der Waals surface area contributed by atoms with E-state index in [1.54, 1.807) is 0 Å². The lowest BCUT2D eigenvalue weighted by molar-refractivity contribution is 0.0192. The standard InChI is InChI=1S/C72H67B2N2O2/c1-70(2,3)46-28-25-44(26-29-46)50-31-34-61-65-69(50)78-63-40-56-62(41-57(63)74(65)58-38-48(72(7,8)9)37-54-53-36-47(71(4,5)6)30-33-60(53)76(61)66(54)58)77-68-51(43-21-15-11-16-22-43)39-55-52-35-45(42-19-13-10-14-20-42)27-32-59(52)75(67(55)64(68)73-56)49-23-17-12-18-24-49/h10-15,17-19,21,23-42,56,62,64,68H,16,20,22H2,1-9H3. The molecule has 1 fully saturated rings. The topological polar surface area (TPSA) is 28.3 Å². The van der Waals surface area contributed by atoms with E-state index in [-0.39, 0.29) is 46.8 Å². The lowest BCUT2D eigenvalue weighted by Gasteiger charge is -2.46. The van der Waals surface area contributed by atoms with Gasteiger partial charge in [-0.3, -0.25) is 0 Å². The van der Waals surface area contributed by atoms with Gasteiger partial charge in [-0.15, -0.1) is 0 Å². The highest BCUT2D eigenvalue weighted by atomic mass is 16.5. The van der Waals surface area contributed by atoms with E-state index >= 15 is 0 Å². The molecule has 15 rings (SSSR count). The van der Waals surface area contributed by atoms with Gasteiger partial charge in [0.15, 0.2) is 0 Å². The number of benzene rings is 6. The number of fused-ring (bicyclic) bond motifs is 13. The third-order valence-corrected chi connectivity index (χ3v) is 18.4. The summed E-state index contributed by atoms with van der Waals surface area (Å²) in [6, 6.07) is 44.5. The number of allylic oxidation sites excluding steroid dienone is 8. The molecule has 0 N–H and O–H groups in total. The molecule has 0 spiro atoms. The van der Waals surface area contributed by atoms with E-state index in [1.165, 1.54) is 105 Å². The fourth-order valence-corrected chi connectivity index (χ4v) is 14.2. The minimum absolute atomic E-state index is 0.000581. The van der Waals surface area contributed by atoms with E-state index in [0.717, 1.165) is 41.9 Å². The highest BCUT2D eigenvalue weighted by molar-refractivity contribution is 6.95. The third-order valence-electron chi connectivity index (χ3n) is 18.4. The summed E-state index contributed by atoms with van der Waals surface area (Å²) >= 11 is 0. The van der Waals surface area contributed by atoms with Gasteiger partial charge in [-0.1, -0.05) is 172 Å². The smallest absolute Gasteiger partial charge is 0.256 e. The van der Waals surface area contributed by atoms with Gasteiger partial charge in [0.2, 0.25) is 0 Å². The third kappa shape index (κ3) is 7.31. The summed E-state index contributed by atoms with van der Waals surface area (Å²) < 4.78 is 20.7. The van der Waals surface area contributed by atoms with Crippen molar-refractivity contribution in [3.8, 4) is 28.3 Å². The van der Waals surface area contributed by atoms with Gasteiger partial charge in [0, 0.05) is 61.6 Å². The molecule has 5 atom stereocenters. The van der Waals surface area contributed by atoms with Crippen LogP contribution in [-0.2, 0) is 21.0 Å². The summed E-state index contributed by atoms with van der Waals surface area (Å²) in [5.74, 6) is 2.18. The van der Waals surface area contributed by atoms with Crippen molar-refractivity contribution in [1.29, 1.82) is 0 Å². The van der Waals surface area contributed by atoms with Gasteiger partial charge >= 0.3 is 0 Å². The van der Waals surface area contributed by atoms with Gasteiger partial charge in [-0.25, -0.2) is 0 Å². The molecule has 8 aromatic rings. The zero-order valence-electron chi connectivity index (χ0n) is 46.6. The Morgan fingerprint density at radius 2 is 1.42 bits per heavy atom. The molecule has 1 saturated heterocycles. The molecule has 4 aliphatic carbocycles. The summed E-state index contributed by atoms with van der Waals surface area (Å²) in [6.07, 6.45) is 26.1. The number of para-hydroxylation sites is 1. The van der Waals surface area contributed by atoms with Crippen LogP contribution in [0.2, 0.25) is 5.82 Å². The van der Waals surface area contributed by atoms with Crippen molar-refractivity contribution < 1.29 is 9.47 Å². The van der Waals surface area contributed by atoms with Crippen LogP contribution in [0.25, 0.3) is 61.3 Å². The molecule has 78 heavy (non-hydrogen) atoms. The predicted octanol–water partition coefficient (Wildman–Crippen LogP) is 16.2. The zero-order chi connectivity index (χ0) is 53.1. The first kappa shape index (κ1) is 47.9. The quantitative estimate of drug-likeness (QED) is 0.164. The van der Waals surface area contributed by atoms with E-state index < -0.39 is 0 Å². The summed E-state index contributed by atoms with van der Waals surface area (Å²) in [4.78, 5) is 0. The second kappa shape index (κ2) is 17.1. The Balaban J connectivity index is 0.947. The molecule has 5 heterocycles. The Labute approximate surface area is 461 Å². The number of rotatable bonds is 4. The normalized spacial score (nSPS) is 21.9. The van der Waals surface area contributed by atoms with Crippen LogP contribution in [0.15, 0.2) is 192 Å². The van der Waals surface area contributed by atoms with E-state index in [2.05, 4.69) is 255 Å². The maximum absolute atomic E-state index is 7.87. The minimum atomic E-state index is -0.202. The van der Waals surface area contributed by atoms with Crippen molar-refractivity contribution in [2.45, 2.75) is 128 Å². The van der Waals surface area contributed by atoms with E-state index in [0.29, 0.717) is 5.92 Å². The SMILES string of the molecule is CC(C)(C)c1ccc(-c2ccc3c4c2OC2=CC5[B]C6c7c(c8cc(C9C=CC=CC9)ccc8n7-c7ccccc7)C=C(C7=CC=CCC7)C6OC5C=C2B4c2cc(C(C)(C)C)cc4c5cc(C(C)(C)C)ccc5n-3c24)cc1. The van der Waals surface area contributed by atoms with Crippen LogP contribution in [0.1, 0.15) is 127 Å². The van der Waals surface area contributed by atoms with Gasteiger partial charge in [0.1, 0.15) is 18.8 Å². The number of hydrogen-bond donors (Lipinski definition) is 0. The molecule has 2 aromatic heterocycles. The van der Waals surface area contributed by atoms with Crippen molar-refractivity contribution in [3.63, 3.8) is 0 Å². The highest BCUT2D eigenvalue weighted by Crippen LogP contribution is 2.53. The molecule has 0 saturated carbocycles. The fourth-order valence-electron chi connectivity index (χ4n) is 14.2. The summed E-state index contributed by atoms with van der Waals surface area (Å²) in [5.41, 5.74) is 22.8. The van der Waals surface area contributed by atoms with Gasteiger partial charge in [-0.2, -0.15) is 0 Å². The fraction of sp³-hybridized carbons (Fsp3) is 0.278. The highest BCUT2D eigenvalue weighted by Gasteiger charge is 2.50. The molecule has 1 radical (unpaired) electrons. The van der Waals surface area contributed by atoms with Crippen molar-refractivity contribution in [2.24, 2.45) is 0 Å². The van der Waals surface area contributed by atoms with Crippen molar-refractivity contribution in [3.05, 3.63) is 226 Å². The Morgan fingerprint density at radius 1 is 0.667 bits per heavy atom. The molecule has 6 heteroatoms. The van der Waals surface area contributed by atoms with Crippen LogP contribution >= 0.6 is 0 Å². The second-order valence-corrected chi connectivity index (χ2v) is 26.4. The molecule has 0 amide bonds. The van der Waals surface area contributed by atoms with Crippen LogP contribution in [0.5, 0.6) is 5.75 Å². The lowest BCUT2D eigenvalue weighted by Crippen LogP contribution is -2.55. The van der Waals surface area contributed by atoms with Crippen molar-refractivity contribution in [2.75, 3.05) is 0 Å². The molecule has 383 valence electrons. The van der Waals surface area contributed by atoms with Crippen LogP contribution in [0.3, 0.4) is 0 Å². The second-order valence-electron chi connectivity index (χ2n) is 26.4. The van der Waals surface area contributed by atoms with E-state index in [4.69, 9.17) is 9.47 Å². The summed E-state index contributed by atoms with van der Waals surface area (Å²) in [7, 11) is 2.64. The van der Waals surface area contributed by atoms with E-state index in [1.807, 2.05) is 0 Å². The number of aromatic nitrogens is 2. The maximum atomic E-state index is 7.87. The van der Waals surface area contributed by atoms with Gasteiger partial charge in [0.05, 0.1) is 23.2 Å². The van der Waals surface area contributed by atoms with Gasteiger partial charge < -0.3 is 18.6 Å². The minimum Gasteiger partial charge on any atom is -0.458 e. The lowest BCUT2D eigenvalue weighted by atomic mass is 9.32. The zero-order valence-corrected chi connectivity index (χ0v) is 46.6. The molecular weight excluding hydrogens is 946 g/mol. The Bertz CT molecular complexity index is 4110. The van der Waals surface area contributed by atoms with Crippen molar-refractivity contribution >= 4 is 63.7 Å². The molecular formula is C72H67B2N2O2. The largest absolute Gasteiger partial charge is 0.458 e. The molecule has 4 nitrogen and oxygen atoms in total. The predicted molar refractivity (Wildman–Crippen MR) is 328 cm³/mol. The monoisotopic (exact) mass is 1010 g/mol. The number of ether oxygens (including phenoxy) is 2. The summed E-state index contributed by atoms with van der Waals surface area (Å²) in [6.45, 7) is 20.9. The van der Waals surface area contributed by atoms with Crippen LogP contribution in [0, 0.1) is 0 Å².